The van der Waals surface area contributed by atoms with Crippen LogP contribution in [0.1, 0.15) is 108 Å². The molecule has 1 saturated heterocycles. The van der Waals surface area contributed by atoms with Gasteiger partial charge in [0.15, 0.2) is 11.6 Å². The predicted molar refractivity (Wildman–Crippen MR) is 261 cm³/mol. The number of aliphatic hydroxyl groups excluding tert-OH is 1. The average molecular weight is 953 g/mol. The topological polar surface area (TPSA) is 205 Å². The zero-order valence-corrected chi connectivity index (χ0v) is 40.6. The highest BCUT2D eigenvalue weighted by Gasteiger charge is 2.45. The molecule has 2 aliphatic heterocycles. The summed E-state index contributed by atoms with van der Waals surface area (Å²) in [7, 11) is 0. The minimum Gasteiger partial charge on any atom is -0.481 e. The molecule has 15 nitrogen and oxygen atoms in total. The maximum absolute atomic E-state index is 14.4. The van der Waals surface area contributed by atoms with Gasteiger partial charge in [0.25, 0.3) is 5.91 Å². The van der Waals surface area contributed by atoms with E-state index in [1.165, 1.54) is 4.90 Å². The molecular formula is C51H52N8O7S2. The Bertz CT molecular complexity index is 3140. The Morgan fingerprint density at radius 3 is 2.26 bits per heavy atom. The number of carbonyl (C=O) groups is 4. The largest absolute Gasteiger partial charge is 0.481 e. The second kappa shape index (κ2) is 18.0. The molecule has 9 rings (SSSR count). The van der Waals surface area contributed by atoms with E-state index >= 15 is 0 Å². The number of amides is 3. The van der Waals surface area contributed by atoms with Crippen LogP contribution in [0, 0.1) is 33.1 Å². The Morgan fingerprint density at radius 2 is 1.59 bits per heavy atom. The lowest BCUT2D eigenvalue weighted by Crippen LogP contribution is -2.57. The van der Waals surface area contributed by atoms with E-state index in [4.69, 9.17) is 9.41 Å². The number of carboxylic acid groups (broad SMARTS) is 1. The lowest BCUT2D eigenvalue weighted by atomic mass is 9.85. The van der Waals surface area contributed by atoms with Crippen molar-refractivity contribution < 1.29 is 33.8 Å². The number of aromatic nitrogens is 4. The summed E-state index contributed by atoms with van der Waals surface area (Å²) in [6.45, 7) is 15.2. The highest BCUT2D eigenvalue weighted by atomic mass is 32.1. The van der Waals surface area contributed by atoms with Gasteiger partial charge in [0.05, 0.1) is 40.4 Å². The van der Waals surface area contributed by atoms with Crippen molar-refractivity contribution in [3.8, 4) is 26.6 Å². The Balaban J connectivity index is 0.912. The van der Waals surface area contributed by atoms with Gasteiger partial charge < -0.3 is 30.2 Å². The van der Waals surface area contributed by atoms with Crippen LogP contribution in [0.4, 0.5) is 0 Å². The van der Waals surface area contributed by atoms with E-state index < -0.39 is 53.3 Å². The van der Waals surface area contributed by atoms with Crippen LogP contribution in [0.5, 0.6) is 0 Å². The van der Waals surface area contributed by atoms with E-state index in [9.17, 15) is 29.4 Å². The number of hydrogen-bond donors (Lipinski definition) is 4. The van der Waals surface area contributed by atoms with Gasteiger partial charge in [-0.2, -0.15) is 0 Å². The summed E-state index contributed by atoms with van der Waals surface area (Å²) in [5, 5.41) is 36.8. The standard InChI is InChI=1S/C51H52N8O7S2/c1-25-28(4)68-50-42(25)43(54-37(22-41(61)62)46-57-56-29(5)59(46)50)32-13-11-31(12-14-32)34-17-18-35-20-40(66-39(35)19-34)48(64)55-45(51(6,7)8)49(65)58-23-36(60)21-38(58)47(63)53-26(2)30-9-15-33(16-10-30)44-27(3)52-24-67-44/h9-20,24,26,36-38,45,60H,21-23H2,1-8H3,(H,53,63)(H,55,64)(H,61,62)/t26-,36+,37-,38-,45+/m0/s1. The van der Waals surface area contributed by atoms with Crippen LogP contribution >= 0.6 is 22.7 Å². The highest BCUT2D eigenvalue weighted by Crippen LogP contribution is 2.40. The van der Waals surface area contributed by atoms with Crippen LogP contribution in [0.2, 0.25) is 0 Å². The summed E-state index contributed by atoms with van der Waals surface area (Å²) in [6.07, 6.45) is -1.09. The molecule has 17 heteroatoms. The quantitative estimate of drug-likeness (QED) is 0.0974. The smallest absolute Gasteiger partial charge is 0.306 e. The summed E-state index contributed by atoms with van der Waals surface area (Å²) >= 11 is 3.17. The number of thiazole rings is 1. The number of aliphatic hydroxyl groups is 1. The van der Waals surface area contributed by atoms with Gasteiger partial charge in [-0.1, -0.05) is 81.4 Å². The molecule has 4 aromatic heterocycles. The Labute approximate surface area is 401 Å². The van der Waals surface area contributed by atoms with Crippen molar-refractivity contribution in [2.24, 2.45) is 10.4 Å². The first-order valence-corrected chi connectivity index (χ1v) is 24.1. The monoisotopic (exact) mass is 952 g/mol. The molecule has 7 aromatic rings. The number of aliphatic imine (C=N–C) groups is 1. The first kappa shape index (κ1) is 46.3. The van der Waals surface area contributed by atoms with Crippen LogP contribution in [0.25, 0.3) is 37.5 Å². The van der Waals surface area contributed by atoms with Crippen molar-refractivity contribution in [3.63, 3.8) is 0 Å². The highest BCUT2D eigenvalue weighted by molar-refractivity contribution is 7.15. The number of carboxylic acids is 1. The number of thiophene rings is 1. The average Bonchev–Trinajstić information content (AvgIpc) is 4.14. The van der Waals surface area contributed by atoms with E-state index in [-0.39, 0.29) is 31.2 Å². The van der Waals surface area contributed by atoms with Crippen LogP contribution in [0.15, 0.2) is 87.7 Å². The van der Waals surface area contributed by atoms with Crippen molar-refractivity contribution >= 4 is 63.0 Å². The van der Waals surface area contributed by atoms with Gasteiger partial charge in [0.1, 0.15) is 34.5 Å². The number of hydrogen-bond acceptors (Lipinski definition) is 12. The second-order valence-electron chi connectivity index (χ2n) is 18.7. The van der Waals surface area contributed by atoms with Crippen LogP contribution < -0.4 is 10.6 Å². The molecule has 0 radical (unpaired) electrons. The van der Waals surface area contributed by atoms with Crippen molar-refractivity contribution in [1.82, 2.24) is 35.3 Å². The molecule has 68 heavy (non-hydrogen) atoms. The van der Waals surface area contributed by atoms with Gasteiger partial charge in [0, 0.05) is 34.4 Å². The maximum Gasteiger partial charge on any atom is 0.306 e. The van der Waals surface area contributed by atoms with Gasteiger partial charge in [-0.05, 0) is 80.0 Å². The molecule has 2 aliphatic rings. The molecule has 3 amide bonds. The van der Waals surface area contributed by atoms with Gasteiger partial charge in [-0.15, -0.1) is 32.9 Å². The molecule has 6 heterocycles. The molecular weight excluding hydrogens is 901 g/mol. The number of nitrogens with one attached hydrogen (secondary N) is 2. The molecule has 0 saturated carbocycles. The first-order valence-electron chi connectivity index (χ1n) is 22.4. The molecule has 350 valence electrons. The molecule has 0 spiro atoms. The van der Waals surface area contributed by atoms with Crippen molar-refractivity contribution in [2.75, 3.05) is 6.54 Å². The van der Waals surface area contributed by atoms with Crippen LogP contribution in [-0.2, 0) is 14.4 Å². The van der Waals surface area contributed by atoms with E-state index in [0.717, 1.165) is 59.4 Å². The molecule has 1 fully saturated rings. The minimum atomic E-state index is -1.06. The molecule has 5 atom stereocenters. The summed E-state index contributed by atoms with van der Waals surface area (Å²) in [5.74, 6) is -1.29. The van der Waals surface area contributed by atoms with Gasteiger partial charge >= 0.3 is 5.97 Å². The summed E-state index contributed by atoms with van der Waals surface area (Å²) in [5.41, 5.74) is 9.56. The normalized spacial score (nSPS) is 17.8. The third-order valence-corrected chi connectivity index (χ3v) is 15.0. The number of aliphatic carboxylic acids is 1. The van der Waals surface area contributed by atoms with Gasteiger partial charge in [-0.25, -0.2) is 4.98 Å². The summed E-state index contributed by atoms with van der Waals surface area (Å²) < 4.78 is 8.08. The van der Waals surface area contributed by atoms with Crippen LogP contribution in [0.3, 0.4) is 0 Å². The number of likely N-dealkylation sites (tertiary alicyclic amines) is 1. The predicted octanol–water partition coefficient (Wildman–Crippen LogP) is 8.45. The van der Waals surface area contributed by atoms with Crippen molar-refractivity contribution in [3.05, 3.63) is 129 Å². The van der Waals surface area contributed by atoms with Crippen LogP contribution in [-0.4, -0.2) is 89.0 Å². The fourth-order valence-corrected chi connectivity index (χ4v) is 11.1. The first-order chi connectivity index (χ1) is 32.4. The zero-order valence-electron chi connectivity index (χ0n) is 38.9. The van der Waals surface area contributed by atoms with Crippen molar-refractivity contribution in [1.29, 1.82) is 0 Å². The third kappa shape index (κ3) is 8.76. The Morgan fingerprint density at radius 1 is 0.897 bits per heavy atom. The fourth-order valence-electron chi connectivity index (χ4n) is 9.05. The Kier molecular flexibility index (Phi) is 12.3. The van der Waals surface area contributed by atoms with E-state index in [1.54, 1.807) is 28.7 Å². The molecule has 4 N–H and O–H groups in total. The fraction of sp³-hybridized carbons (Fsp3) is 0.333. The zero-order chi connectivity index (χ0) is 48.3. The van der Waals surface area contributed by atoms with Gasteiger partial charge in [-0.3, -0.25) is 28.7 Å². The number of carbonyl (C=O) groups excluding carboxylic acids is 3. The molecule has 3 aromatic carbocycles. The molecule has 0 aliphatic carbocycles. The number of furan rings is 1. The lowest BCUT2D eigenvalue weighted by molar-refractivity contribution is -0.142. The third-order valence-electron chi connectivity index (χ3n) is 12.9. The number of rotatable bonds is 11. The van der Waals surface area contributed by atoms with Gasteiger partial charge in [0.2, 0.25) is 11.8 Å². The molecule has 0 unspecified atom stereocenters. The number of nitrogens with zero attached hydrogens (tertiary/aromatic N) is 6. The lowest BCUT2D eigenvalue weighted by Gasteiger charge is -2.35. The van der Waals surface area contributed by atoms with E-state index in [0.29, 0.717) is 28.3 Å². The SMILES string of the molecule is Cc1ncsc1-c1ccc([C@H](C)NC(=O)[C@@H]2C[C@@H](O)CN2C(=O)[C@@H](NC(=O)c2cc3ccc(-c4ccc(C5=N[C@@H](CC(=O)O)c6nnc(C)n6-c6sc(C)c(C)c65)cc4)cc3o2)C(C)(C)C)cc1. The minimum absolute atomic E-state index is 0.0144. The number of aryl methyl sites for hydroxylation is 3. The summed E-state index contributed by atoms with van der Waals surface area (Å²) in [6, 6.07) is 20.0. The van der Waals surface area contributed by atoms with Crippen molar-refractivity contribution in [2.45, 2.75) is 98.5 Å². The summed E-state index contributed by atoms with van der Waals surface area (Å²) in [4.78, 5) is 67.2. The molecule has 0 bridgehead atoms. The maximum atomic E-state index is 14.4. The van der Waals surface area contributed by atoms with E-state index in [1.807, 2.05) is 125 Å². The van der Waals surface area contributed by atoms with E-state index in [2.05, 4.69) is 32.7 Å². The number of β-amino-alcohol motifs (C(OH)–C–C–N with tert-alkyl or cyclic N) is 1. The number of benzene rings is 3. The Hall–Kier alpha value is -6.82. The second-order valence-corrected chi connectivity index (χ2v) is 20.8. The number of fused-ring (bicyclic) bond motifs is 4.